The Labute approximate surface area is 142 Å². The monoisotopic (exact) mass is 329 g/mol. The Bertz CT molecular complexity index is 698. The van der Waals surface area contributed by atoms with Crippen LogP contribution in [0.5, 0.6) is 11.5 Å². The van der Waals surface area contributed by atoms with Gasteiger partial charge in [0.2, 0.25) is 0 Å². The molecule has 0 aliphatic carbocycles. The molecule has 0 aromatic heterocycles. The van der Waals surface area contributed by atoms with Crippen LogP contribution >= 0.6 is 0 Å². The van der Waals surface area contributed by atoms with Gasteiger partial charge in [0, 0.05) is 18.7 Å². The van der Waals surface area contributed by atoms with Gasteiger partial charge in [0.15, 0.2) is 11.5 Å². The van der Waals surface area contributed by atoms with Gasteiger partial charge in [0.25, 0.3) is 5.91 Å². The summed E-state index contributed by atoms with van der Waals surface area (Å²) in [7, 11) is 3.00. The summed E-state index contributed by atoms with van der Waals surface area (Å²) in [5.41, 5.74) is 13.4. The average Bonchev–Trinajstić information content (AvgIpc) is 2.61. The Kier molecular flexibility index (Phi) is 5.59. The van der Waals surface area contributed by atoms with Crippen molar-refractivity contribution in [1.29, 1.82) is 0 Å². The van der Waals surface area contributed by atoms with Crippen molar-refractivity contribution in [3.63, 3.8) is 0 Å². The normalized spacial score (nSPS) is 15.3. The number of benzene rings is 1. The fourth-order valence-corrected chi connectivity index (χ4v) is 2.80. The van der Waals surface area contributed by atoms with Crippen LogP contribution in [0, 0.1) is 12.3 Å². The first-order valence-corrected chi connectivity index (χ1v) is 7.81. The number of amides is 1. The number of rotatable bonds is 4. The molecule has 0 atom stereocenters. The molecule has 1 aromatic rings. The molecule has 0 spiro atoms. The van der Waals surface area contributed by atoms with Gasteiger partial charge in [-0.2, -0.15) is 0 Å². The molecule has 4 N–H and O–H groups in total. The summed E-state index contributed by atoms with van der Waals surface area (Å²) in [6.45, 7) is 1.40. The lowest BCUT2D eigenvalue weighted by atomic mass is 10.0. The Balaban J connectivity index is 2.44. The zero-order valence-electron chi connectivity index (χ0n) is 14.1. The first-order valence-electron chi connectivity index (χ1n) is 7.81. The lowest BCUT2D eigenvalue weighted by Crippen LogP contribution is -2.37. The topological polar surface area (TPSA) is 90.8 Å². The van der Waals surface area contributed by atoms with Crippen LogP contribution in [0.3, 0.4) is 0 Å². The van der Waals surface area contributed by atoms with Gasteiger partial charge in [-0.15, -0.1) is 6.42 Å². The minimum Gasteiger partial charge on any atom is -0.493 e. The number of terminal acetylenes is 1. The molecule has 128 valence electrons. The number of anilines is 1. The van der Waals surface area contributed by atoms with Crippen LogP contribution in [0.4, 0.5) is 5.69 Å². The molecule has 0 saturated carbocycles. The molecule has 0 radical (unpaired) electrons. The SMILES string of the molecule is C#C/C(C(=O)N1CCCCC1)=C(/N)c1cc(N)c(OC)c(OC)c1. The highest BCUT2D eigenvalue weighted by Gasteiger charge is 2.22. The van der Waals surface area contributed by atoms with Crippen molar-refractivity contribution in [2.75, 3.05) is 33.0 Å². The number of nitrogen functional groups attached to an aromatic ring is 1. The van der Waals surface area contributed by atoms with Crippen LogP contribution in [0.1, 0.15) is 24.8 Å². The third-order valence-corrected chi connectivity index (χ3v) is 4.09. The third kappa shape index (κ3) is 3.40. The maximum Gasteiger partial charge on any atom is 0.264 e. The smallest absolute Gasteiger partial charge is 0.264 e. The molecule has 6 nitrogen and oxygen atoms in total. The second-order valence-corrected chi connectivity index (χ2v) is 5.59. The zero-order chi connectivity index (χ0) is 17.7. The number of hydrogen-bond donors (Lipinski definition) is 2. The molecule has 0 unspecified atom stereocenters. The fourth-order valence-electron chi connectivity index (χ4n) is 2.80. The first kappa shape index (κ1) is 17.5. The maximum absolute atomic E-state index is 12.7. The van der Waals surface area contributed by atoms with Crippen LogP contribution in [-0.4, -0.2) is 38.1 Å². The van der Waals surface area contributed by atoms with E-state index >= 15 is 0 Å². The van der Waals surface area contributed by atoms with E-state index in [1.807, 2.05) is 0 Å². The second-order valence-electron chi connectivity index (χ2n) is 5.59. The van der Waals surface area contributed by atoms with Crippen molar-refractivity contribution in [2.45, 2.75) is 19.3 Å². The van der Waals surface area contributed by atoms with E-state index in [1.54, 1.807) is 17.0 Å². The van der Waals surface area contributed by atoms with Crippen molar-refractivity contribution in [1.82, 2.24) is 4.90 Å². The second kappa shape index (κ2) is 7.64. The standard InChI is InChI=1S/C18H23N3O3/c1-4-13(18(22)21-8-6-5-7-9-21)16(20)12-10-14(19)17(24-3)15(11-12)23-2/h1,10-11H,5-9,19-20H2,2-3H3/b16-13-. The highest BCUT2D eigenvalue weighted by Crippen LogP contribution is 2.36. The number of hydrogen-bond acceptors (Lipinski definition) is 5. The number of carbonyl (C=O) groups is 1. The van der Waals surface area contributed by atoms with Crippen LogP contribution in [0.15, 0.2) is 17.7 Å². The average molecular weight is 329 g/mol. The highest BCUT2D eigenvalue weighted by atomic mass is 16.5. The number of carbonyl (C=O) groups excluding carboxylic acids is 1. The van der Waals surface area contributed by atoms with Gasteiger partial charge < -0.3 is 25.8 Å². The molecular formula is C18H23N3O3. The Morgan fingerprint density at radius 1 is 1.21 bits per heavy atom. The van der Waals surface area contributed by atoms with Gasteiger partial charge in [-0.1, -0.05) is 5.92 Å². The van der Waals surface area contributed by atoms with E-state index < -0.39 is 0 Å². The summed E-state index contributed by atoms with van der Waals surface area (Å²) in [5, 5.41) is 0. The number of nitrogens with two attached hydrogens (primary N) is 2. The Morgan fingerprint density at radius 3 is 2.42 bits per heavy atom. The summed E-state index contributed by atoms with van der Waals surface area (Å²) >= 11 is 0. The summed E-state index contributed by atoms with van der Waals surface area (Å²) < 4.78 is 10.5. The van der Waals surface area contributed by atoms with E-state index in [9.17, 15) is 4.79 Å². The van der Waals surface area contributed by atoms with Gasteiger partial charge in [-0.05, 0) is 31.4 Å². The molecule has 1 heterocycles. The van der Waals surface area contributed by atoms with Crippen LogP contribution in [0.2, 0.25) is 0 Å². The van der Waals surface area contributed by atoms with Gasteiger partial charge in [0.1, 0.15) is 5.57 Å². The van der Waals surface area contributed by atoms with Crippen molar-refractivity contribution in [3.8, 4) is 23.8 Å². The number of likely N-dealkylation sites (tertiary alicyclic amines) is 1. The molecule has 0 bridgehead atoms. The molecule has 1 saturated heterocycles. The van der Waals surface area contributed by atoms with Crippen LogP contribution < -0.4 is 20.9 Å². The van der Waals surface area contributed by atoms with Crippen molar-refractivity contribution < 1.29 is 14.3 Å². The van der Waals surface area contributed by atoms with Crippen molar-refractivity contribution in [2.24, 2.45) is 5.73 Å². The van der Waals surface area contributed by atoms with Gasteiger partial charge in [-0.3, -0.25) is 4.79 Å². The Morgan fingerprint density at radius 2 is 1.88 bits per heavy atom. The molecule has 1 amide bonds. The van der Waals surface area contributed by atoms with E-state index in [0.717, 1.165) is 19.3 Å². The first-order chi connectivity index (χ1) is 11.5. The summed E-state index contributed by atoms with van der Waals surface area (Å²) in [6, 6.07) is 3.28. The largest absolute Gasteiger partial charge is 0.493 e. The molecule has 6 heteroatoms. The molecular weight excluding hydrogens is 306 g/mol. The molecule has 1 fully saturated rings. The third-order valence-electron chi connectivity index (χ3n) is 4.09. The van der Waals surface area contributed by atoms with E-state index in [4.69, 9.17) is 27.4 Å². The number of methoxy groups -OCH3 is 2. The highest BCUT2D eigenvalue weighted by molar-refractivity contribution is 6.05. The molecule has 1 aromatic carbocycles. The summed E-state index contributed by atoms with van der Waals surface area (Å²) in [6.07, 6.45) is 8.64. The van der Waals surface area contributed by atoms with Crippen LogP contribution in [0.25, 0.3) is 5.70 Å². The van der Waals surface area contributed by atoms with Gasteiger partial charge in [-0.25, -0.2) is 0 Å². The van der Waals surface area contributed by atoms with E-state index in [2.05, 4.69) is 5.92 Å². The molecule has 1 aliphatic heterocycles. The maximum atomic E-state index is 12.7. The van der Waals surface area contributed by atoms with Crippen molar-refractivity contribution >= 4 is 17.3 Å². The number of ether oxygens (including phenoxy) is 2. The summed E-state index contributed by atoms with van der Waals surface area (Å²) in [5.74, 6) is 3.06. The molecule has 1 aliphatic rings. The fraction of sp³-hybridized carbons (Fsp3) is 0.389. The predicted molar refractivity (Wildman–Crippen MR) is 94.3 cm³/mol. The zero-order valence-corrected chi connectivity index (χ0v) is 14.1. The van der Waals surface area contributed by atoms with Gasteiger partial charge in [0.05, 0.1) is 25.6 Å². The lowest BCUT2D eigenvalue weighted by Gasteiger charge is -2.27. The van der Waals surface area contributed by atoms with Gasteiger partial charge >= 0.3 is 0 Å². The Hall–Kier alpha value is -2.81. The lowest BCUT2D eigenvalue weighted by molar-refractivity contribution is -0.127. The minimum atomic E-state index is -0.219. The predicted octanol–water partition coefficient (Wildman–Crippen LogP) is 1.60. The van der Waals surface area contributed by atoms with E-state index in [-0.39, 0.29) is 17.2 Å². The number of nitrogens with zero attached hydrogens (tertiary/aromatic N) is 1. The van der Waals surface area contributed by atoms with E-state index in [0.29, 0.717) is 35.8 Å². The van der Waals surface area contributed by atoms with Crippen molar-refractivity contribution in [3.05, 3.63) is 23.3 Å². The van der Waals surface area contributed by atoms with Crippen LogP contribution in [-0.2, 0) is 4.79 Å². The number of piperidine rings is 1. The molecule has 24 heavy (non-hydrogen) atoms. The minimum absolute atomic E-state index is 0.142. The molecule has 2 rings (SSSR count). The quantitative estimate of drug-likeness (QED) is 0.497. The van der Waals surface area contributed by atoms with E-state index in [1.165, 1.54) is 14.2 Å². The summed E-state index contributed by atoms with van der Waals surface area (Å²) in [4.78, 5) is 14.4.